The normalized spacial score (nSPS) is 11.6. The van der Waals surface area contributed by atoms with E-state index in [1.807, 2.05) is 37.4 Å². The van der Waals surface area contributed by atoms with E-state index in [0.29, 0.717) is 30.2 Å². The van der Waals surface area contributed by atoms with Crippen LogP contribution in [0.2, 0.25) is 5.02 Å². The molecule has 0 heterocycles. The Hall–Kier alpha value is -2.18. The number of likely N-dealkylation sites (N-methyl/N-ethyl adjacent to an activating group) is 1. The summed E-state index contributed by atoms with van der Waals surface area (Å²) in [5.41, 5.74) is 1.41. The summed E-state index contributed by atoms with van der Waals surface area (Å²) >= 11 is 7.74. The van der Waals surface area contributed by atoms with Gasteiger partial charge < -0.3 is 15.0 Å². The van der Waals surface area contributed by atoms with E-state index in [1.165, 1.54) is 0 Å². The minimum absolute atomic E-state index is 0.146. The van der Waals surface area contributed by atoms with Gasteiger partial charge in [0.15, 0.2) is 0 Å². The number of benzene rings is 2. The molecule has 2 aromatic rings. The largest absolute Gasteiger partial charge is 0.491 e. The second-order valence-corrected chi connectivity index (χ2v) is 8.05. The van der Waals surface area contributed by atoms with Gasteiger partial charge in [-0.1, -0.05) is 41.9 Å². The predicted octanol–water partition coefficient (Wildman–Crippen LogP) is 4.04. The van der Waals surface area contributed by atoms with Crippen LogP contribution in [0.1, 0.15) is 22.3 Å². The van der Waals surface area contributed by atoms with Gasteiger partial charge >= 0.3 is 0 Å². The van der Waals surface area contributed by atoms with Gasteiger partial charge in [-0.05, 0) is 49.1 Å². The standard InChI is InChI=1S/C22H27ClN2O3S/c1-16-8-4-7-11-20(16)28-14-13-25(2)22(27)19(12-15-29-3)24-21(26)17-9-5-6-10-18(17)23/h4-11,19H,12-15H2,1-3H3,(H,24,26). The maximum atomic E-state index is 12.9. The fourth-order valence-corrected chi connectivity index (χ4v) is 3.45. The van der Waals surface area contributed by atoms with Crippen molar-refractivity contribution in [2.45, 2.75) is 19.4 Å². The van der Waals surface area contributed by atoms with Crippen LogP contribution in [0, 0.1) is 6.92 Å². The molecule has 0 fully saturated rings. The number of aryl methyl sites for hydroxylation is 1. The minimum Gasteiger partial charge on any atom is -0.491 e. The van der Waals surface area contributed by atoms with Gasteiger partial charge in [0.05, 0.1) is 17.1 Å². The number of rotatable bonds is 10. The van der Waals surface area contributed by atoms with Gasteiger partial charge in [0, 0.05) is 7.05 Å². The van der Waals surface area contributed by atoms with Crippen molar-refractivity contribution in [1.82, 2.24) is 10.2 Å². The lowest BCUT2D eigenvalue weighted by molar-refractivity contribution is -0.132. The molecule has 0 spiro atoms. The quantitative estimate of drug-likeness (QED) is 0.613. The Labute approximate surface area is 181 Å². The molecular weight excluding hydrogens is 408 g/mol. The Morgan fingerprint density at radius 3 is 2.55 bits per heavy atom. The number of carbonyl (C=O) groups is 2. The van der Waals surface area contributed by atoms with Crippen molar-refractivity contribution < 1.29 is 14.3 Å². The highest BCUT2D eigenvalue weighted by atomic mass is 35.5. The van der Waals surface area contributed by atoms with Gasteiger partial charge in [0.25, 0.3) is 5.91 Å². The molecule has 1 unspecified atom stereocenters. The van der Waals surface area contributed by atoms with E-state index in [-0.39, 0.29) is 11.8 Å². The van der Waals surface area contributed by atoms with Crippen molar-refractivity contribution >= 4 is 35.2 Å². The summed E-state index contributed by atoms with van der Waals surface area (Å²) in [7, 11) is 1.72. The molecule has 1 atom stereocenters. The van der Waals surface area contributed by atoms with E-state index in [2.05, 4.69) is 5.32 Å². The Morgan fingerprint density at radius 1 is 1.17 bits per heavy atom. The summed E-state index contributed by atoms with van der Waals surface area (Å²) in [5, 5.41) is 3.20. The molecule has 0 saturated carbocycles. The zero-order valence-electron chi connectivity index (χ0n) is 17.0. The van der Waals surface area contributed by atoms with E-state index >= 15 is 0 Å². The number of thioether (sulfide) groups is 1. The summed E-state index contributed by atoms with van der Waals surface area (Å²) < 4.78 is 5.78. The first-order valence-electron chi connectivity index (χ1n) is 9.41. The average Bonchev–Trinajstić information content (AvgIpc) is 2.72. The third-order valence-corrected chi connectivity index (χ3v) is 5.46. The Morgan fingerprint density at radius 2 is 1.86 bits per heavy atom. The predicted molar refractivity (Wildman–Crippen MR) is 120 cm³/mol. The molecule has 29 heavy (non-hydrogen) atoms. The van der Waals surface area contributed by atoms with Crippen LogP contribution in [-0.4, -0.2) is 55.0 Å². The van der Waals surface area contributed by atoms with Crippen molar-refractivity contribution in [3.8, 4) is 5.75 Å². The van der Waals surface area contributed by atoms with Crippen LogP contribution in [0.3, 0.4) is 0 Å². The number of hydrogen-bond acceptors (Lipinski definition) is 4. The Kier molecular flexibility index (Phi) is 9.35. The summed E-state index contributed by atoms with van der Waals surface area (Å²) in [6, 6.07) is 13.9. The molecule has 2 amide bonds. The lowest BCUT2D eigenvalue weighted by Gasteiger charge is -2.25. The number of halogens is 1. The van der Waals surface area contributed by atoms with Gasteiger partial charge in [-0.25, -0.2) is 0 Å². The summed E-state index contributed by atoms with van der Waals surface area (Å²) in [4.78, 5) is 27.1. The molecule has 156 valence electrons. The number of amides is 2. The highest BCUT2D eigenvalue weighted by Crippen LogP contribution is 2.17. The highest BCUT2D eigenvalue weighted by Gasteiger charge is 2.24. The number of carbonyl (C=O) groups excluding carboxylic acids is 2. The zero-order chi connectivity index (χ0) is 21.2. The fourth-order valence-electron chi connectivity index (χ4n) is 2.76. The smallest absolute Gasteiger partial charge is 0.253 e. The molecule has 1 N–H and O–H groups in total. The molecule has 0 aliphatic rings. The first-order valence-corrected chi connectivity index (χ1v) is 11.2. The van der Waals surface area contributed by atoms with Crippen LogP contribution in [0.25, 0.3) is 0 Å². The number of hydrogen-bond donors (Lipinski definition) is 1. The van der Waals surface area contributed by atoms with E-state index in [9.17, 15) is 9.59 Å². The number of nitrogens with zero attached hydrogens (tertiary/aromatic N) is 1. The third-order valence-electron chi connectivity index (χ3n) is 4.49. The molecule has 0 aliphatic heterocycles. The summed E-state index contributed by atoms with van der Waals surface area (Å²) in [6.45, 7) is 2.78. The highest BCUT2D eigenvalue weighted by molar-refractivity contribution is 7.98. The molecule has 0 radical (unpaired) electrons. The Balaban J connectivity index is 1.96. The molecule has 0 saturated heterocycles. The van der Waals surface area contributed by atoms with Crippen LogP contribution < -0.4 is 10.1 Å². The van der Waals surface area contributed by atoms with Crippen LogP contribution in [0.4, 0.5) is 0 Å². The third kappa shape index (κ3) is 6.98. The topological polar surface area (TPSA) is 58.6 Å². The lowest BCUT2D eigenvalue weighted by atomic mass is 10.1. The van der Waals surface area contributed by atoms with Crippen LogP contribution in [0.15, 0.2) is 48.5 Å². The van der Waals surface area contributed by atoms with Crippen LogP contribution in [-0.2, 0) is 4.79 Å². The van der Waals surface area contributed by atoms with Crippen molar-refractivity contribution in [2.24, 2.45) is 0 Å². The average molecular weight is 435 g/mol. The summed E-state index contributed by atoms with van der Waals surface area (Å²) in [6.07, 6.45) is 2.51. The lowest BCUT2D eigenvalue weighted by Crippen LogP contribution is -2.48. The van der Waals surface area contributed by atoms with Crippen molar-refractivity contribution in [3.05, 3.63) is 64.7 Å². The SMILES string of the molecule is CSCCC(NC(=O)c1ccccc1Cl)C(=O)N(C)CCOc1ccccc1C. The number of nitrogens with one attached hydrogen (secondary N) is 1. The second kappa shape index (κ2) is 11.7. The van der Waals surface area contributed by atoms with Crippen molar-refractivity contribution in [3.63, 3.8) is 0 Å². The van der Waals surface area contributed by atoms with E-state index < -0.39 is 6.04 Å². The molecule has 0 aromatic heterocycles. The molecule has 0 aliphatic carbocycles. The molecule has 7 heteroatoms. The maximum Gasteiger partial charge on any atom is 0.253 e. The van der Waals surface area contributed by atoms with E-state index in [4.69, 9.17) is 16.3 Å². The van der Waals surface area contributed by atoms with Gasteiger partial charge in [-0.3, -0.25) is 9.59 Å². The van der Waals surface area contributed by atoms with Gasteiger partial charge in [-0.2, -0.15) is 11.8 Å². The summed E-state index contributed by atoms with van der Waals surface area (Å²) in [5.74, 6) is 1.07. The van der Waals surface area contributed by atoms with Crippen molar-refractivity contribution in [1.29, 1.82) is 0 Å². The number of ether oxygens (including phenoxy) is 1. The molecule has 0 bridgehead atoms. The molecule has 2 aromatic carbocycles. The zero-order valence-corrected chi connectivity index (χ0v) is 18.6. The minimum atomic E-state index is -0.616. The van der Waals surface area contributed by atoms with E-state index in [0.717, 1.165) is 17.1 Å². The van der Waals surface area contributed by atoms with Gasteiger partial charge in [0.1, 0.15) is 18.4 Å². The van der Waals surface area contributed by atoms with Crippen LogP contribution in [0.5, 0.6) is 5.75 Å². The Bertz CT molecular complexity index is 831. The van der Waals surface area contributed by atoms with Gasteiger partial charge in [-0.15, -0.1) is 0 Å². The molecule has 5 nitrogen and oxygen atoms in total. The van der Waals surface area contributed by atoms with E-state index in [1.54, 1.807) is 48.0 Å². The first kappa shape index (κ1) is 23.1. The van der Waals surface area contributed by atoms with Gasteiger partial charge in [0.2, 0.25) is 5.91 Å². The molecule has 2 rings (SSSR count). The fraction of sp³-hybridized carbons (Fsp3) is 0.364. The molecular formula is C22H27ClN2O3S. The maximum absolute atomic E-state index is 12.9. The number of para-hydroxylation sites is 1. The first-order chi connectivity index (χ1) is 13.9. The second-order valence-electron chi connectivity index (χ2n) is 6.66. The van der Waals surface area contributed by atoms with Crippen LogP contribution >= 0.6 is 23.4 Å². The van der Waals surface area contributed by atoms with Crippen molar-refractivity contribution in [2.75, 3.05) is 32.2 Å². The monoisotopic (exact) mass is 434 g/mol.